The van der Waals surface area contributed by atoms with Gasteiger partial charge in [0.25, 0.3) is 0 Å². The highest BCUT2D eigenvalue weighted by Crippen LogP contribution is 2.31. The Labute approximate surface area is 129 Å². The molecule has 0 aliphatic carbocycles. The molecule has 0 aliphatic rings. The lowest BCUT2D eigenvalue weighted by atomic mass is 10.1. The van der Waals surface area contributed by atoms with Gasteiger partial charge in [-0.1, -0.05) is 26.0 Å². The number of nitrogens with one attached hydrogen (secondary N) is 1. The monoisotopic (exact) mass is 291 g/mol. The zero-order valence-corrected chi connectivity index (χ0v) is 14.0. The van der Waals surface area contributed by atoms with Gasteiger partial charge >= 0.3 is 0 Å². The van der Waals surface area contributed by atoms with E-state index in [1.165, 1.54) is 11.1 Å². The SMILES string of the molecule is CCOc1ccc(C(C)=CCCNC(C)C)cc1OCC. The summed E-state index contributed by atoms with van der Waals surface area (Å²) in [6, 6.07) is 6.69. The number of allylic oxidation sites excluding steroid dienone is 1. The lowest BCUT2D eigenvalue weighted by Crippen LogP contribution is -2.23. The summed E-state index contributed by atoms with van der Waals surface area (Å²) in [5.41, 5.74) is 2.45. The largest absolute Gasteiger partial charge is 0.490 e. The van der Waals surface area contributed by atoms with Crippen molar-refractivity contribution in [2.45, 2.75) is 47.1 Å². The minimum Gasteiger partial charge on any atom is -0.490 e. The number of ether oxygens (including phenoxy) is 2. The molecule has 0 saturated carbocycles. The quantitative estimate of drug-likeness (QED) is 0.689. The second-order valence-electron chi connectivity index (χ2n) is 5.31. The molecular formula is C18H29NO2. The van der Waals surface area contributed by atoms with Gasteiger partial charge in [0.1, 0.15) is 0 Å². The van der Waals surface area contributed by atoms with E-state index in [1.54, 1.807) is 0 Å². The molecule has 0 aliphatic heterocycles. The molecule has 0 fully saturated rings. The highest BCUT2D eigenvalue weighted by molar-refractivity contribution is 5.66. The Hall–Kier alpha value is -1.48. The average molecular weight is 291 g/mol. The molecule has 0 heterocycles. The number of benzene rings is 1. The third kappa shape index (κ3) is 6.21. The zero-order valence-electron chi connectivity index (χ0n) is 14.0. The van der Waals surface area contributed by atoms with E-state index < -0.39 is 0 Å². The second kappa shape index (κ2) is 9.46. The van der Waals surface area contributed by atoms with Crippen molar-refractivity contribution in [2.75, 3.05) is 19.8 Å². The molecule has 0 radical (unpaired) electrons. The average Bonchev–Trinajstić information content (AvgIpc) is 2.45. The molecule has 21 heavy (non-hydrogen) atoms. The van der Waals surface area contributed by atoms with Crippen molar-refractivity contribution in [3.05, 3.63) is 29.8 Å². The third-order valence-corrected chi connectivity index (χ3v) is 3.15. The van der Waals surface area contributed by atoms with Crippen LogP contribution in [0.2, 0.25) is 0 Å². The number of rotatable bonds is 9. The number of hydrogen-bond donors (Lipinski definition) is 1. The van der Waals surface area contributed by atoms with Gasteiger partial charge in [0.05, 0.1) is 13.2 Å². The molecule has 0 saturated heterocycles. The highest BCUT2D eigenvalue weighted by atomic mass is 16.5. The van der Waals surface area contributed by atoms with E-state index in [0.717, 1.165) is 24.5 Å². The topological polar surface area (TPSA) is 30.5 Å². The van der Waals surface area contributed by atoms with E-state index >= 15 is 0 Å². The minimum atomic E-state index is 0.536. The fourth-order valence-corrected chi connectivity index (χ4v) is 2.07. The van der Waals surface area contributed by atoms with Crippen LogP contribution in [0.5, 0.6) is 11.5 Å². The van der Waals surface area contributed by atoms with Gasteiger partial charge in [-0.05, 0) is 57.0 Å². The molecule has 1 aromatic rings. The summed E-state index contributed by atoms with van der Waals surface area (Å²) in [7, 11) is 0. The molecule has 1 aromatic carbocycles. The van der Waals surface area contributed by atoms with Crippen LogP contribution in [0.25, 0.3) is 5.57 Å². The summed E-state index contributed by atoms with van der Waals surface area (Å²) in [5, 5.41) is 3.42. The van der Waals surface area contributed by atoms with Gasteiger partial charge in [-0.25, -0.2) is 0 Å². The first-order valence-corrected chi connectivity index (χ1v) is 7.88. The summed E-state index contributed by atoms with van der Waals surface area (Å²) in [4.78, 5) is 0. The van der Waals surface area contributed by atoms with Crippen molar-refractivity contribution < 1.29 is 9.47 Å². The first-order valence-electron chi connectivity index (χ1n) is 7.88. The fraction of sp³-hybridized carbons (Fsp3) is 0.556. The maximum absolute atomic E-state index is 5.67. The van der Waals surface area contributed by atoms with Gasteiger partial charge in [-0.3, -0.25) is 0 Å². The lowest BCUT2D eigenvalue weighted by molar-refractivity contribution is 0.287. The molecule has 0 spiro atoms. The minimum absolute atomic E-state index is 0.536. The van der Waals surface area contributed by atoms with E-state index in [2.05, 4.69) is 44.3 Å². The molecule has 0 amide bonds. The molecule has 3 nitrogen and oxygen atoms in total. The van der Waals surface area contributed by atoms with Gasteiger partial charge in [0, 0.05) is 6.04 Å². The Balaban J connectivity index is 2.77. The lowest BCUT2D eigenvalue weighted by Gasteiger charge is -2.13. The van der Waals surface area contributed by atoms with Crippen molar-refractivity contribution in [1.82, 2.24) is 5.32 Å². The molecule has 0 unspecified atom stereocenters. The standard InChI is InChI=1S/C18H29NO2/c1-6-20-17-11-10-16(13-18(17)21-7-2)15(5)9-8-12-19-14(3)4/h9-11,13-14,19H,6-8,12H2,1-5H3. The van der Waals surface area contributed by atoms with Crippen LogP contribution in [0, 0.1) is 0 Å². The first-order chi connectivity index (χ1) is 10.1. The zero-order chi connectivity index (χ0) is 15.7. The Kier molecular flexibility index (Phi) is 7.91. The van der Waals surface area contributed by atoms with Crippen LogP contribution in [0.1, 0.15) is 46.6 Å². The van der Waals surface area contributed by atoms with Gasteiger partial charge in [-0.2, -0.15) is 0 Å². The van der Waals surface area contributed by atoms with Crippen LogP contribution in [0.3, 0.4) is 0 Å². The van der Waals surface area contributed by atoms with Crippen molar-refractivity contribution in [2.24, 2.45) is 0 Å². The van der Waals surface area contributed by atoms with Gasteiger partial charge in [0.2, 0.25) is 0 Å². The third-order valence-electron chi connectivity index (χ3n) is 3.15. The molecule has 0 atom stereocenters. The van der Waals surface area contributed by atoms with Crippen molar-refractivity contribution in [1.29, 1.82) is 0 Å². The van der Waals surface area contributed by atoms with Crippen LogP contribution < -0.4 is 14.8 Å². The predicted octanol–water partition coefficient (Wildman–Crippen LogP) is 4.28. The molecule has 1 N–H and O–H groups in total. The Bertz CT molecular complexity index is 453. The normalized spacial score (nSPS) is 11.8. The Morgan fingerprint density at radius 1 is 1.14 bits per heavy atom. The van der Waals surface area contributed by atoms with Crippen molar-refractivity contribution in [3.63, 3.8) is 0 Å². The van der Waals surface area contributed by atoms with E-state index in [9.17, 15) is 0 Å². The molecule has 1 rings (SSSR count). The summed E-state index contributed by atoms with van der Waals surface area (Å²) < 4.78 is 11.3. The summed E-state index contributed by atoms with van der Waals surface area (Å²) in [6.45, 7) is 12.7. The summed E-state index contributed by atoms with van der Waals surface area (Å²) >= 11 is 0. The van der Waals surface area contributed by atoms with E-state index in [4.69, 9.17) is 9.47 Å². The Morgan fingerprint density at radius 2 is 1.81 bits per heavy atom. The van der Waals surface area contributed by atoms with E-state index in [-0.39, 0.29) is 0 Å². The van der Waals surface area contributed by atoms with Crippen molar-refractivity contribution in [3.8, 4) is 11.5 Å². The molecule has 118 valence electrons. The Morgan fingerprint density at radius 3 is 2.43 bits per heavy atom. The first kappa shape index (κ1) is 17.6. The molecule has 0 bridgehead atoms. The van der Waals surface area contributed by atoms with E-state index in [1.807, 2.05) is 19.9 Å². The van der Waals surface area contributed by atoms with Gasteiger partial charge in [0.15, 0.2) is 11.5 Å². The van der Waals surface area contributed by atoms with Crippen LogP contribution in [0.15, 0.2) is 24.3 Å². The highest BCUT2D eigenvalue weighted by Gasteiger charge is 2.07. The molecule has 0 aromatic heterocycles. The van der Waals surface area contributed by atoms with E-state index in [0.29, 0.717) is 19.3 Å². The number of hydrogen-bond acceptors (Lipinski definition) is 3. The van der Waals surface area contributed by atoms with Gasteiger partial charge in [-0.15, -0.1) is 0 Å². The summed E-state index contributed by atoms with van der Waals surface area (Å²) in [6.07, 6.45) is 3.29. The van der Waals surface area contributed by atoms with Crippen LogP contribution in [-0.4, -0.2) is 25.8 Å². The smallest absolute Gasteiger partial charge is 0.161 e. The van der Waals surface area contributed by atoms with Crippen LogP contribution >= 0.6 is 0 Å². The second-order valence-corrected chi connectivity index (χ2v) is 5.31. The molecule has 3 heteroatoms. The van der Waals surface area contributed by atoms with Gasteiger partial charge < -0.3 is 14.8 Å². The fourth-order valence-electron chi connectivity index (χ4n) is 2.07. The summed E-state index contributed by atoms with van der Waals surface area (Å²) in [5.74, 6) is 1.64. The van der Waals surface area contributed by atoms with Crippen molar-refractivity contribution >= 4 is 5.57 Å². The van der Waals surface area contributed by atoms with Crippen LogP contribution in [-0.2, 0) is 0 Å². The van der Waals surface area contributed by atoms with Crippen LogP contribution in [0.4, 0.5) is 0 Å². The molecular weight excluding hydrogens is 262 g/mol. The maximum atomic E-state index is 5.67. The predicted molar refractivity (Wildman–Crippen MR) is 90.2 cm³/mol. The maximum Gasteiger partial charge on any atom is 0.161 e.